The molecule has 0 saturated carbocycles. The first-order chi connectivity index (χ1) is 11.1. The van der Waals surface area contributed by atoms with Crippen molar-refractivity contribution in [3.63, 3.8) is 0 Å². The van der Waals surface area contributed by atoms with Gasteiger partial charge in [0.2, 0.25) is 0 Å². The summed E-state index contributed by atoms with van der Waals surface area (Å²) in [4.78, 5) is 12.3. The van der Waals surface area contributed by atoms with E-state index in [4.69, 9.17) is 16.3 Å². The number of ether oxygens (including phenoxy) is 1. The molecule has 2 aromatic rings. The second-order valence-corrected chi connectivity index (χ2v) is 6.26. The van der Waals surface area contributed by atoms with Crippen molar-refractivity contribution in [2.75, 3.05) is 19.8 Å². The van der Waals surface area contributed by atoms with Crippen LogP contribution in [0.3, 0.4) is 0 Å². The summed E-state index contributed by atoms with van der Waals surface area (Å²) in [5.74, 6) is 0.361. The monoisotopic (exact) mass is 333 g/mol. The van der Waals surface area contributed by atoms with E-state index in [1.807, 2.05) is 31.2 Å². The fourth-order valence-corrected chi connectivity index (χ4v) is 2.83. The first-order valence-electron chi connectivity index (χ1n) is 7.82. The molecule has 0 unspecified atom stereocenters. The molecule has 0 spiro atoms. The molecule has 23 heavy (non-hydrogen) atoms. The molecule has 2 heterocycles. The van der Waals surface area contributed by atoms with Crippen LogP contribution < -0.4 is 5.32 Å². The van der Waals surface area contributed by atoms with Gasteiger partial charge in [-0.2, -0.15) is 5.10 Å². The summed E-state index contributed by atoms with van der Waals surface area (Å²) < 4.78 is 7.08. The van der Waals surface area contributed by atoms with Crippen LogP contribution in [0.2, 0.25) is 5.02 Å². The summed E-state index contributed by atoms with van der Waals surface area (Å²) in [6.45, 7) is 4.17. The largest absolute Gasteiger partial charge is 0.381 e. The number of hydrogen-bond acceptors (Lipinski definition) is 3. The van der Waals surface area contributed by atoms with Gasteiger partial charge in [0, 0.05) is 30.5 Å². The van der Waals surface area contributed by atoms with E-state index < -0.39 is 0 Å². The zero-order chi connectivity index (χ0) is 16.2. The SMILES string of the molecule is Cc1cc(C(=O)NCC2CCOCC2)nn1-c1ccc(Cl)cc1. The smallest absolute Gasteiger partial charge is 0.271 e. The van der Waals surface area contributed by atoms with Crippen molar-refractivity contribution >= 4 is 17.5 Å². The number of halogens is 1. The van der Waals surface area contributed by atoms with Crippen LogP contribution in [-0.4, -0.2) is 35.4 Å². The topological polar surface area (TPSA) is 56.1 Å². The summed E-state index contributed by atoms with van der Waals surface area (Å²) in [6.07, 6.45) is 2.00. The number of carbonyl (C=O) groups is 1. The highest BCUT2D eigenvalue weighted by molar-refractivity contribution is 6.30. The van der Waals surface area contributed by atoms with Crippen molar-refractivity contribution in [2.45, 2.75) is 19.8 Å². The number of aromatic nitrogens is 2. The first kappa shape index (κ1) is 16.0. The highest BCUT2D eigenvalue weighted by Crippen LogP contribution is 2.16. The number of aryl methyl sites for hydroxylation is 1. The summed E-state index contributed by atoms with van der Waals surface area (Å²) in [5, 5.41) is 8.06. The molecule has 1 aromatic carbocycles. The van der Waals surface area contributed by atoms with Crippen molar-refractivity contribution in [1.29, 1.82) is 0 Å². The lowest BCUT2D eigenvalue weighted by atomic mass is 10.0. The second kappa shape index (κ2) is 7.15. The number of hydrogen-bond donors (Lipinski definition) is 1. The van der Waals surface area contributed by atoms with Gasteiger partial charge in [0.15, 0.2) is 5.69 Å². The van der Waals surface area contributed by atoms with E-state index in [-0.39, 0.29) is 5.91 Å². The lowest BCUT2D eigenvalue weighted by Gasteiger charge is -2.21. The molecule has 122 valence electrons. The molecular formula is C17H20ClN3O2. The molecule has 5 nitrogen and oxygen atoms in total. The quantitative estimate of drug-likeness (QED) is 0.935. The maximum Gasteiger partial charge on any atom is 0.271 e. The highest BCUT2D eigenvalue weighted by Gasteiger charge is 2.17. The third-order valence-corrected chi connectivity index (χ3v) is 4.34. The van der Waals surface area contributed by atoms with Gasteiger partial charge in [0.1, 0.15) is 0 Å². The minimum atomic E-state index is -0.132. The molecule has 3 rings (SSSR count). The van der Waals surface area contributed by atoms with Crippen LogP contribution in [0.25, 0.3) is 5.69 Å². The third-order valence-electron chi connectivity index (χ3n) is 4.08. The molecular weight excluding hydrogens is 314 g/mol. The highest BCUT2D eigenvalue weighted by atomic mass is 35.5. The normalized spacial score (nSPS) is 15.6. The summed E-state index contributed by atoms with van der Waals surface area (Å²) in [7, 11) is 0. The van der Waals surface area contributed by atoms with Gasteiger partial charge >= 0.3 is 0 Å². The van der Waals surface area contributed by atoms with Crippen molar-refractivity contribution in [1.82, 2.24) is 15.1 Å². The van der Waals surface area contributed by atoms with Gasteiger partial charge in [-0.3, -0.25) is 4.79 Å². The Morgan fingerprint density at radius 2 is 2.04 bits per heavy atom. The fraction of sp³-hybridized carbons (Fsp3) is 0.412. The standard InChI is InChI=1S/C17H20ClN3O2/c1-12-10-16(17(22)19-11-13-6-8-23-9-7-13)20-21(12)15-4-2-14(18)3-5-15/h2-5,10,13H,6-9,11H2,1H3,(H,19,22). The van der Waals surface area contributed by atoms with Gasteiger partial charge in [-0.1, -0.05) is 11.6 Å². The number of amides is 1. The van der Waals surface area contributed by atoms with Crippen LogP contribution in [0, 0.1) is 12.8 Å². The zero-order valence-electron chi connectivity index (χ0n) is 13.1. The predicted molar refractivity (Wildman–Crippen MR) is 89.2 cm³/mol. The van der Waals surface area contributed by atoms with Gasteiger partial charge in [-0.15, -0.1) is 0 Å². The second-order valence-electron chi connectivity index (χ2n) is 5.82. The van der Waals surface area contributed by atoms with Gasteiger partial charge in [0.25, 0.3) is 5.91 Å². The third kappa shape index (κ3) is 3.92. The molecule has 1 amide bonds. The van der Waals surface area contributed by atoms with Crippen molar-refractivity contribution in [3.8, 4) is 5.69 Å². The van der Waals surface area contributed by atoms with Crippen LogP contribution in [0.1, 0.15) is 29.0 Å². The van der Waals surface area contributed by atoms with E-state index in [0.717, 1.165) is 37.4 Å². The van der Waals surface area contributed by atoms with Crippen LogP contribution in [-0.2, 0) is 4.74 Å². The Bertz CT molecular complexity index is 676. The molecule has 6 heteroatoms. The first-order valence-corrected chi connectivity index (χ1v) is 8.20. The van der Waals surface area contributed by atoms with Gasteiger partial charge < -0.3 is 10.1 Å². The van der Waals surface area contributed by atoms with Crippen LogP contribution in [0.4, 0.5) is 0 Å². The molecule has 0 bridgehead atoms. The molecule has 0 aliphatic carbocycles. The average molecular weight is 334 g/mol. The Morgan fingerprint density at radius 3 is 2.74 bits per heavy atom. The lowest BCUT2D eigenvalue weighted by Crippen LogP contribution is -2.32. The number of nitrogens with one attached hydrogen (secondary N) is 1. The van der Waals surface area contributed by atoms with E-state index in [0.29, 0.717) is 23.2 Å². The van der Waals surface area contributed by atoms with Gasteiger partial charge in [0.05, 0.1) is 5.69 Å². The molecule has 1 aliphatic heterocycles. The molecule has 1 saturated heterocycles. The maximum atomic E-state index is 12.3. The van der Waals surface area contributed by atoms with E-state index in [1.165, 1.54) is 0 Å². The molecule has 1 N–H and O–H groups in total. The van der Waals surface area contributed by atoms with Gasteiger partial charge in [-0.25, -0.2) is 4.68 Å². The number of carbonyl (C=O) groups excluding carboxylic acids is 1. The van der Waals surface area contributed by atoms with Crippen molar-refractivity contribution in [2.24, 2.45) is 5.92 Å². The minimum Gasteiger partial charge on any atom is -0.381 e. The fourth-order valence-electron chi connectivity index (χ4n) is 2.71. The molecule has 1 aliphatic rings. The average Bonchev–Trinajstić information content (AvgIpc) is 2.96. The lowest BCUT2D eigenvalue weighted by molar-refractivity contribution is 0.0642. The summed E-state index contributed by atoms with van der Waals surface area (Å²) >= 11 is 5.91. The molecule has 0 atom stereocenters. The Labute approximate surface area is 140 Å². The maximum absolute atomic E-state index is 12.3. The Balaban J connectivity index is 1.67. The Hall–Kier alpha value is -1.85. The van der Waals surface area contributed by atoms with E-state index in [1.54, 1.807) is 10.7 Å². The zero-order valence-corrected chi connectivity index (χ0v) is 13.8. The van der Waals surface area contributed by atoms with Crippen LogP contribution >= 0.6 is 11.6 Å². The molecule has 0 radical (unpaired) electrons. The van der Waals surface area contributed by atoms with Crippen molar-refractivity contribution < 1.29 is 9.53 Å². The summed E-state index contributed by atoms with van der Waals surface area (Å²) in [5.41, 5.74) is 2.23. The van der Waals surface area contributed by atoms with E-state index >= 15 is 0 Å². The number of rotatable bonds is 4. The number of nitrogens with zero attached hydrogens (tertiary/aromatic N) is 2. The predicted octanol–water partition coefficient (Wildman–Crippen LogP) is 2.99. The van der Waals surface area contributed by atoms with Crippen molar-refractivity contribution in [3.05, 3.63) is 46.7 Å². The minimum absolute atomic E-state index is 0.132. The molecule has 1 aromatic heterocycles. The number of benzene rings is 1. The molecule has 1 fully saturated rings. The summed E-state index contributed by atoms with van der Waals surface area (Å²) in [6, 6.07) is 9.18. The Kier molecular flexibility index (Phi) is 4.98. The van der Waals surface area contributed by atoms with Crippen LogP contribution in [0.15, 0.2) is 30.3 Å². The van der Waals surface area contributed by atoms with E-state index in [2.05, 4.69) is 10.4 Å². The van der Waals surface area contributed by atoms with Gasteiger partial charge in [-0.05, 0) is 56.0 Å². The van der Waals surface area contributed by atoms with E-state index in [9.17, 15) is 4.79 Å². The van der Waals surface area contributed by atoms with Crippen LogP contribution in [0.5, 0.6) is 0 Å². The Morgan fingerprint density at radius 1 is 1.35 bits per heavy atom.